The van der Waals surface area contributed by atoms with Crippen LogP contribution >= 0.6 is 0 Å². The van der Waals surface area contributed by atoms with E-state index >= 15 is 0 Å². The minimum absolute atomic E-state index is 0.618. The van der Waals surface area contributed by atoms with E-state index < -0.39 is 0 Å². The Kier molecular flexibility index (Phi) is 5.86. The second kappa shape index (κ2) is 7.65. The molecule has 0 aromatic heterocycles. The Morgan fingerprint density at radius 2 is 2.05 bits per heavy atom. The Labute approximate surface area is 123 Å². The molecule has 0 atom stereocenters. The molecule has 0 spiro atoms. The van der Waals surface area contributed by atoms with Gasteiger partial charge in [0.2, 0.25) is 0 Å². The fourth-order valence-electron chi connectivity index (χ4n) is 2.78. The van der Waals surface area contributed by atoms with Crippen molar-refractivity contribution in [3.8, 4) is 0 Å². The van der Waals surface area contributed by atoms with E-state index in [2.05, 4.69) is 49.3 Å². The highest BCUT2D eigenvalue weighted by Crippen LogP contribution is 2.23. The van der Waals surface area contributed by atoms with E-state index in [1.54, 1.807) is 0 Å². The predicted molar refractivity (Wildman–Crippen MR) is 85.4 cm³/mol. The van der Waals surface area contributed by atoms with Crippen molar-refractivity contribution in [3.63, 3.8) is 0 Å². The van der Waals surface area contributed by atoms with Crippen LogP contribution in [0.25, 0.3) is 0 Å². The van der Waals surface area contributed by atoms with Gasteiger partial charge >= 0.3 is 0 Å². The lowest BCUT2D eigenvalue weighted by atomic mass is 10.0. The van der Waals surface area contributed by atoms with Gasteiger partial charge in [0.05, 0.1) is 0 Å². The first-order valence-corrected chi connectivity index (χ1v) is 7.83. The van der Waals surface area contributed by atoms with E-state index in [1.165, 1.54) is 23.2 Å². The van der Waals surface area contributed by atoms with Crippen molar-refractivity contribution in [2.75, 3.05) is 31.7 Å². The summed E-state index contributed by atoms with van der Waals surface area (Å²) < 4.78 is 5.45. The molecule has 1 heterocycles. The first kappa shape index (κ1) is 15.3. The lowest BCUT2D eigenvalue weighted by molar-refractivity contribution is 0.0855. The van der Waals surface area contributed by atoms with Crippen molar-refractivity contribution >= 4 is 5.69 Å². The molecule has 1 N–H and O–H groups in total. The molecule has 1 aromatic carbocycles. The molecule has 0 saturated carbocycles. The Morgan fingerprint density at radius 3 is 2.70 bits per heavy atom. The molecule has 3 heteroatoms. The maximum Gasteiger partial charge on any atom is 0.0485 e. The maximum atomic E-state index is 5.45. The van der Waals surface area contributed by atoms with Crippen molar-refractivity contribution < 1.29 is 4.74 Å². The highest BCUT2D eigenvalue weighted by atomic mass is 16.5. The molecule has 0 amide bonds. The molecule has 1 saturated heterocycles. The van der Waals surface area contributed by atoms with Crippen LogP contribution in [0, 0.1) is 6.92 Å². The summed E-state index contributed by atoms with van der Waals surface area (Å²) in [4.78, 5) is 2.42. The largest absolute Gasteiger partial charge is 0.381 e. The van der Waals surface area contributed by atoms with Gasteiger partial charge in [0.25, 0.3) is 0 Å². The highest BCUT2D eigenvalue weighted by Gasteiger charge is 2.18. The average Bonchev–Trinajstić information content (AvgIpc) is 2.49. The molecule has 0 unspecified atom stereocenters. The van der Waals surface area contributed by atoms with Gasteiger partial charge in [-0.1, -0.05) is 13.0 Å². The van der Waals surface area contributed by atoms with Crippen LogP contribution in [0.3, 0.4) is 0 Å². The molecular formula is C17H28N2O. The topological polar surface area (TPSA) is 24.5 Å². The second-order valence-electron chi connectivity index (χ2n) is 5.74. The van der Waals surface area contributed by atoms with Crippen molar-refractivity contribution in [1.29, 1.82) is 0 Å². The van der Waals surface area contributed by atoms with Gasteiger partial charge in [-0.2, -0.15) is 0 Å². The van der Waals surface area contributed by atoms with Gasteiger partial charge < -0.3 is 15.0 Å². The number of nitrogens with zero attached hydrogens (tertiary/aromatic N) is 1. The van der Waals surface area contributed by atoms with Crippen LogP contribution in [0.15, 0.2) is 18.2 Å². The van der Waals surface area contributed by atoms with E-state index in [4.69, 9.17) is 4.74 Å². The summed E-state index contributed by atoms with van der Waals surface area (Å²) in [5.74, 6) is 0. The van der Waals surface area contributed by atoms with Gasteiger partial charge in [-0.05, 0) is 56.0 Å². The Hall–Kier alpha value is -1.06. The van der Waals surface area contributed by atoms with Crippen LogP contribution in [-0.2, 0) is 11.3 Å². The monoisotopic (exact) mass is 276 g/mol. The summed E-state index contributed by atoms with van der Waals surface area (Å²) in [5, 5.41) is 3.47. The number of anilines is 1. The van der Waals surface area contributed by atoms with E-state index in [-0.39, 0.29) is 0 Å². The predicted octanol–water partition coefficient (Wildman–Crippen LogP) is 3.11. The summed E-state index contributed by atoms with van der Waals surface area (Å²) in [6, 6.07) is 7.46. The molecule has 0 aliphatic carbocycles. The third-order valence-corrected chi connectivity index (χ3v) is 4.21. The lowest BCUT2D eigenvalue weighted by Gasteiger charge is -2.33. The Morgan fingerprint density at radius 1 is 1.30 bits per heavy atom. The van der Waals surface area contributed by atoms with E-state index in [0.29, 0.717) is 6.04 Å². The van der Waals surface area contributed by atoms with Crippen molar-refractivity contribution in [3.05, 3.63) is 29.3 Å². The number of aryl methyl sites for hydroxylation is 1. The summed E-state index contributed by atoms with van der Waals surface area (Å²) in [6.07, 6.45) is 3.45. The molecule has 20 heavy (non-hydrogen) atoms. The van der Waals surface area contributed by atoms with Gasteiger partial charge in [-0.15, -0.1) is 0 Å². The van der Waals surface area contributed by atoms with Crippen molar-refractivity contribution in [1.82, 2.24) is 5.32 Å². The van der Waals surface area contributed by atoms with E-state index in [1.807, 2.05) is 0 Å². The standard InChI is InChI=1S/C17H28N2O/c1-4-9-18-13-15-5-6-17(12-14(15)2)19(3)16-7-10-20-11-8-16/h5-6,12,16,18H,4,7-11,13H2,1-3H3. The second-order valence-corrected chi connectivity index (χ2v) is 5.74. The Bertz CT molecular complexity index is 413. The zero-order valence-electron chi connectivity index (χ0n) is 13.1. The zero-order chi connectivity index (χ0) is 14.4. The normalized spacial score (nSPS) is 16.4. The van der Waals surface area contributed by atoms with Crippen molar-refractivity contribution in [2.45, 2.75) is 45.7 Å². The molecule has 1 aromatic rings. The molecule has 0 bridgehead atoms. The van der Waals surface area contributed by atoms with Crippen LogP contribution in [0.2, 0.25) is 0 Å². The smallest absolute Gasteiger partial charge is 0.0485 e. The minimum atomic E-state index is 0.618. The van der Waals surface area contributed by atoms with Crippen molar-refractivity contribution in [2.24, 2.45) is 0 Å². The fraction of sp³-hybridized carbons (Fsp3) is 0.647. The van der Waals surface area contributed by atoms with Crippen LogP contribution in [0.4, 0.5) is 5.69 Å². The van der Waals surface area contributed by atoms with Gasteiger partial charge in [-0.25, -0.2) is 0 Å². The molecule has 0 radical (unpaired) electrons. The van der Waals surface area contributed by atoms with Crippen LogP contribution in [-0.4, -0.2) is 32.8 Å². The van der Waals surface area contributed by atoms with Crippen LogP contribution in [0.5, 0.6) is 0 Å². The van der Waals surface area contributed by atoms with Gasteiger partial charge in [0.1, 0.15) is 0 Å². The first-order valence-electron chi connectivity index (χ1n) is 7.83. The minimum Gasteiger partial charge on any atom is -0.381 e. The molecular weight excluding hydrogens is 248 g/mol. The number of hydrogen-bond acceptors (Lipinski definition) is 3. The quantitative estimate of drug-likeness (QED) is 0.808. The van der Waals surface area contributed by atoms with Gasteiger partial charge in [0.15, 0.2) is 0 Å². The van der Waals surface area contributed by atoms with E-state index in [9.17, 15) is 0 Å². The van der Waals surface area contributed by atoms with Crippen LogP contribution < -0.4 is 10.2 Å². The average molecular weight is 276 g/mol. The number of nitrogens with one attached hydrogen (secondary N) is 1. The molecule has 1 fully saturated rings. The number of ether oxygens (including phenoxy) is 1. The molecule has 2 rings (SSSR count). The zero-order valence-corrected chi connectivity index (χ0v) is 13.1. The summed E-state index contributed by atoms with van der Waals surface area (Å²) >= 11 is 0. The molecule has 112 valence electrons. The van der Waals surface area contributed by atoms with Gasteiger partial charge in [-0.3, -0.25) is 0 Å². The Balaban J connectivity index is 1.99. The maximum absolute atomic E-state index is 5.45. The SMILES string of the molecule is CCCNCc1ccc(N(C)C2CCOCC2)cc1C. The highest BCUT2D eigenvalue weighted by molar-refractivity contribution is 5.51. The first-order chi connectivity index (χ1) is 9.72. The lowest BCUT2D eigenvalue weighted by Crippen LogP contribution is -2.36. The molecule has 1 aliphatic rings. The number of benzene rings is 1. The summed E-state index contributed by atoms with van der Waals surface area (Å²) in [6.45, 7) is 8.26. The summed E-state index contributed by atoms with van der Waals surface area (Å²) in [5.41, 5.74) is 4.11. The fourth-order valence-corrected chi connectivity index (χ4v) is 2.78. The number of hydrogen-bond donors (Lipinski definition) is 1. The third-order valence-electron chi connectivity index (χ3n) is 4.21. The molecule has 3 nitrogen and oxygen atoms in total. The number of rotatable bonds is 6. The summed E-state index contributed by atoms with van der Waals surface area (Å²) in [7, 11) is 2.21. The van der Waals surface area contributed by atoms with Gasteiger partial charge in [0, 0.05) is 38.5 Å². The van der Waals surface area contributed by atoms with E-state index in [0.717, 1.165) is 39.1 Å². The molecule has 1 aliphatic heterocycles. The van der Waals surface area contributed by atoms with Crippen LogP contribution in [0.1, 0.15) is 37.3 Å². The third kappa shape index (κ3) is 3.97.